The number of aliphatic hydroxyl groups excluding tert-OH is 2. The highest BCUT2D eigenvalue weighted by molar-refractivity contribution is 5.69. The summed E-state index contributed by atoms with van der Waals surface area (Å²) >= 11 is 0. The molecule has 0 saturated heterocycles. The van der Waals surface area contributed by atoms with Crippen LogP contribution in [0.3, 0.4) is 0 Å². The molecule has 0 heterocycles. The summed E-state index contributed by atoms with van der Waals surface area (Å²) in [6.45, 7) is 0.0956. The van der Waals surface area contributed by atoms with Crippen molar-refractivity contribution in [3.8, 4) is 0 Å². The minimum absolute atomic E-state index is 0.239. The van der Waals surface area contributed by atoms with Crippen LogP contribution in [0.1, 0.15) is 96.3 Å². The average molecular weight is 331 g/mol. The van der Waals surface area contributed by atoms with E-state index in [9.17, 15) is 4.79 Å². The largest absolute Gasteiger partial charge is 0.481 e. The van der Waals surface area contributed by atoms with Crippen LogP contribution in [-0.2, 0) is 4.79 Å². The van der Waals surface area contributed by atoms with Crippen molar-refractivity contribution in [3.05, 3.63) is 0 Å². The first-order chi connectivity index (χ1) is 11.2. The highest BCUT2D eigenvalue weighted by Gasteiger charge is 2.14. The molecule has 0 saturated carbocycles. The van der Waals surface area contributed by atoms with E-state index in [-0.39, 0.29) is 6.61 Å². The van der Waals surface area contributed by atoms with E-state index < -0.39 is 11.9 Å². The SMILES string of the molecule is O=C(O)C(CO)CCCCCCCCCCCCCCCCO. The Hall–Kier alpha value is -0.610. The molecule has 0 aromatic carbocycles. The van der Waals surface area contributed by atoms with E-state index in [0.29, 0.717) is 13.0 Å². The Morgan fingerprint density at radius 2 is 0.957 bits per heavy atom. The Labute approximate surface area is 142 Å². The van der Waals surface area contributed by atoms with Crippen LogP contribution >= 0.6 is 0 Å². The number of unbranched alkanes of at least 4 members (excludes halogenated alkanes) is 13. The van der Waals surface area contributed by atoms with Crippen LogP contribution in [0, 0.1) is 5.92 Å². The van der Waals surface area contributed by atoms with Crippen molar-refractivity contribution in [2.45, 2.75) is 96.3 Å². The van der Waals surface area contributed by atoms with Gasteiger partial charge < -0.3 is 15.3 Å². The van der Waals surface area contributed by atoms with E-state index in [1.807, 2.05) is 0 Å². The molecular formula is C19H38O4. The number of carboxylic acid groups (broad SMARTS) is 1. The molecule has 0 radical (unpaired) electrons. The van der Waals surface area contributed by atoms with Crippen molar-refractivity contribution >= 4 is 5.97 Å². The fraction of sp³-hybridized carbons (Fsp3) is 0.947. The van der Waals surface area contributed by atoms with Gasteiger partial charge in [0.2, 0.25) is 0 Å². The van der Waals surface area contributed by atoms with E-state index in [2.05, 4.69) is 0 Å². The lowest BCUT2D eigenvalue weighted by Crippen LogP contribution is -2.17. The maximum Gasteiger partial charge on any atom is 0.308 e. The van der Waals surface area contributed by atoms with Crippen molar-refractivity contribution in [1.82, 2.24) is 0 Å². The molecule has 3 N–H and O–H groups in total. The summed E-state index contributed by atoms with van der Waals surface area (Å²) in [6.07, 6.45) is 17.7. The zero-order chi connectivity index (χ0) is 17.2. The fourth-order valence-electron chi connectivity index (χ4n) is 2.92. The third-order valence-corrected chi connectivity index (χ3v) is 4.53. The van der Waals surface area contributed by atoms with Crippen LogP contribution < -0.4 is 0 Å². The van der Waals surface area contributed by atoms with Crippen molar-refractivity contribution < 1.29 is 20.1 Å². The van der Waals surface area contributed by atoms with E-state index >= 15 is 0 Å². The number of hydrogen-bond donors (Lipinski definition) is 3. The van der Waals surface area contributed by atoms with Crippen molar-refractivity contribution in [2.24, 2.45) is 5.92 Å². The molecule has 4 heteroatoms. The van der Waals surface area contributed by atoms with Crippen LogP contribution in [0.15, 0.2) is 0 Å². The van der Waals surface area contributed by atoms with Gasteiger partial charge in [-0.25, -0.2) is 0 Å². The van der Waals surface area contributed by atoms with Gasteiger partial charge in [0.1, 0.15) is 0 Å². The number of aliphatic carboxylic acids is 1. The van der Waals surface area contributed by atoms with E-state index in [0.717, 1.165) is 19.3 Å². The highest BCUT2D eigenvalue weighted by Crippen LogP contribution is 2.15. The van der Waals surface area contributed by atoms with Crippen LogP contribution in [0.4, 0.5) is 0 Å². The van der Waals surface area contributed by atoms with Gasteiger partial charge >= 0.3 is 5.97 Å². The highest BCUT2D eigenvalue weighted by atomic mass is 16.4. The molecule has 4 nitrogen and oxygen atoms in total. The molecule has 0 aliphatic rings. The normalized spacial score (nSPS) is 12.4. The van der Waals surface area contributed by atoms with E-state index in [1.54, 1.807) is 0 Å². The predicted octanol–water partition coefficient (Wildman–Crippen LogP) is 4.52. The maximum atomic E-state index is 10.7. The molecule has 138 valence electrons. The van der Waals surface area contributed by atoms with Gasteiger partial charge in [-0.1, -0.05) is 83.5 Å². The number of aliphatic hydroxyl groups is 2. The Balaban J connectivity index is 3.12. The van der Waals surface area contributed by atoms with Crippen molar-refractivity contribution in [1.29, 1.82) is 0 Å². The third kappa shape index (κ3) is 16.0. The van der Waals surface area contributed by atoms with Gasteiger partial charge in [0, 0.05) is 6.61 Å². The number of carbonyl (C=O) groups is 1. The molecule has 0 spiro atoms. The maximum absolute atomic E-state index is 10.7. The molecule has 0 aromatic rings. The van der Waals surface area contributed by atoms with Crippen LogP contribution in [-0.4, -0.2) is 34.5 Å². The quantitative estimate of drug-likeness (QED) is 0.323. The Bertz CT molecular complexity index is 256. The molecule has 0 aliphatic heterocycles. The van der Waals surface area contributed by atoms with Gasteiger partial charge in [0.25, 0.3) is 0 Å². The van der Waals surface area contributed by atoms with Crippen molar-refractivity contribution in [2.75, 3.05) is 13.2 Å². The summed E-state index contributed by atoms with van der Waals surface area (Å²) in [5.41, 5.74) is 0. The van der Waals surface area contributed by atoms with Gasteiger partial charge in [0.05, 0.1) is 12.5 Å². The predicted molar refractivity (Wildman–Crippen MR) is 94.6 cm³/mol. The Kier molecular flexibility index (Phi) is 17.3. The topological polar surface area (TPSA) is 77.8 Å². The van der Waals surface area contributed by atoms with Gasteiger partial charge in [-0.05, 0) is 12.8 Å². The molecule has 0 amide bonds. The lowest BCUT2D eigenvalue weighted by atomic mass is 10.0. The second-order valence-corrected chi connectivity index (χ2v) is 6.68. The smallest absolute Gasteiger partial charge is 0.308 e. The molecule has 0 rings (SSSR count). The third-order valence-electron chi connectivity index (χ3n) is 4.53. The lowest BCUT2D eigenvalue weighted by molar-refractivity contribution is -0.143. The molecule has 23 heavy (non-hydrogen) atoms. The zero-order valence-electron chi connectivity index (χ0n) is 14.8. The first-order valence-corrected chi connectivity index (χ1v) is 9.67. The standard InChI is InChI=1S/C19H38O4/c20-16-14-12-10-8-6-4-2-1-3-5-7-9-11-13-15-18(17-21)19(22)23/h18,20-21H,1-17H2,(H,22,23). The number of rotatable bonds is 18. The first kappa shape index (κ1) is 22.4. The first-order valence-electron chi connectivity index (χ1n) is 9.67. The van der Waals surface area contributed by atoms with Gasteiger partial charge in [0.15, 0.2) is 0 Å². The van der Waals surface area contributed by atoms with Crippen LogP contribution in [0.25, 0.3) is 0 Å². The summed E-state index contributed by atoms with van der Waals surface area (Å²) in [7, 11) is 0. The minimum atomic E-state index is -0.874. The molecule has 1 unspecified atom stereocenters. The molecule has 0 bridgehead atoms. The molecule has 0 aliphatic carbocycles. The molecule has 1 atom stereocenters. The second kappa shape index (κ2) is 17.7. The van der Waals surface area contributed by atoms with Crippen molar-refractivity contribution in [3.63, 3.8) is 0 Å². The summed E-state index contributed by atoms with van der Waals surface area (Å²) < 4.78 is 0. The Morgan fingerprint density at radius 1 is 0.609 bits per heavy atom. The van der Waals surface area contributed by atoms with Crippen LogP contribution in [0.2, 0.25) is 0 Å². The van der Waals surface area contributed by atoms with Gasteiger partial charge in [-0.2, -0.15) is 0 Å². The summed E-state index contributed by atoms with van der Waals surface area (Å²) in [4.78, 5) is 10.7. The number of hydrogen-bond acceptors (Lipinski definition) is 3. The van der Waals surface area contributed by atoms with Gasteiger partial charge in [-0.3, -0.25) is 4.79 Å². The summed E-state index contributed by atoms with van der Waals surface area (Å²) in [5, 5.41) is 26.4. The summed E-state index contributed by atoms with van der Waals surface area (Å²) in [6, 6.07) is 0. The molecule has 0 aromatic heterocycles. The fourth-order valence-corrected chi connectivity index (χ4v) is 2.92. The monoisotopic (exact) mass is 330 g/mol. The van der Waals surface area contributed by atoms with E-state index in [1.165, 1.54) is 70.6 Å². The lowest BCUT2D eigenvalue weighted by Gasteiger charge is -2.08. The van der Waals surface area contributed by atoms with Crippen LogP contribution in [0.5, 0.6) is 0 Å². The van der Waals surface area contributed by atoms with Gasteiger partial charge in [-0.15, -0.1) is 0 Å². The minimum Gasteiger partial charge on any atom is -0.481 e. The molecular weight excluding hydrogens is 292 g/mol. The summed E-state index contributed by atoms with van der Waals surface area (Å²) in [5.74, 6) is -1.44. The second-order valence-electron chi connectivity index (χ2n) is 6.68. The average Bonchev–Trinajstić information content (AvgIpc) is 2.54. The van der Waals surface area contributed by atoms with E-state index in [4.69, 9.17) is 15.3 Å². The Morgan fingerprint density at radius 3 is 1.26 bits per heavy atom. The number of carboxylic acids is 1. The molecule has 0 fully saturated rings. The zero-order valence-corrected chi connectivity index (χ0v) is 14.8.